The van der Waals surface area contributed by atoms with Crippen LogP contribution in [0, 0.1) is 0 Å². The number of carbonyl (C=O) groups is 1. The molecule has 1 atom stereocenters. The smallest absolute Gasteiger partial charge is 0.243 e. The molecule has 0 bridgehead atoms. The number of carbonyl (C=O) groups excluding carboxylic acids is 1. The Morgan fingerprint density at radius 2 is 2.05 bits per heavy atom. The molecule has 1 aliphatic heterocycles. The van der Waals surface area contributed by atoms with Gasteiger partial charge >= 0.3 is 0 Å². The van der Waals surface area contributed by atoms with Crippen LogP contribution in [0.2, 0.25) is 0 Å². The highest BCUT2D eigenvalue weighted by atomic mass is 32.2. The summed E-state index contributed by atoms with van der Waals surface area (Å²) in [6, 6.07) is 6.12. The minimum Gasteiger partial charge on any atom is -0.383 e. The third kappa shape index (κ3) is 3.61. The van der Waals surface area contributed by atoms with Crippen LogP contribution in [0.4, 0.5) is 5.69 Å². The van der Waals surface area contributed by atoms with Gasteiger partial charge in [-0.15, -0.1) is 0 Å². The lowest BCUT2D eigenvalue weighted by Gasteiger charge is -2.23. The molecule has 116 valence electrons. The maximum absolute atomic E-state index is 12.6. The number of benzene rings is 1. The van der Waals surface area contributed by atoms with E-state index >= 15 is 0 Å². The SMILES string of the molecule is COCC1CCCN1S(=O)(=O)c1ccc(NC(C)=O)cc1. The van der Waals surface area contributed by atoms with Gasteiger partial charge in [0.25, 0.3) is 0 Å². The van der Waals surface area contributed by atoms with Gasteiger partial charge in [0.1, 0.15) is 0 Å². The number of hydrogen-bond acceptors (Lipinski definition) is 4. The van der Waals surface area contributed by atoms with E-state index in [2.05, 4.69) is 5.32 Å². The van der Waals surface area contributed by atoms with E-state index in [9.17, 15) is 13.2 Å². The maximum Gasteiger partial charge on any atom is 0.243 e. The molecule has 1 aromatic carbocycles. The Labute approximate surface area is 125 Å². The molecule has 1 unspecified atom stereocenters. The fourth-order valence-corrected chi connectivity index (χ4v) is 4.21. The first-order valence-corrected chi connectivity index (χ1v) is 8.27. The van der Waals surface area contributed by atoms with Crippen molar-refractivity contribution in [2.45, 2.75) is 30.7 Å². The molecule has 0 saturated carbocycles. The van der Waals surface area contributed by atoms with Crippen LogP contribution in [0.5, 0.6) is 0 Å². The predicted octanol–water partition coefficient (Wildman–Crippen LogP) is 1.44. The van der Waals surface area contributed by atoms with Crippen LogP contribution in [0.15, 0.2) is 29.2 Å². The minimum atomic E-state index is -3.51. The van der Waals surface area contributed by atoms with Crippen molar-refractivity contribution in [3.8, 4) is 0 Å². The number of rotatable bonds is 5. The zero-order valence-electron chi connectivity index (χ0n) is 12.2. The molecule has 1 saturated heterocycles. The highest BCUT2D eigenvalue weighted by Gasteiger charge is 2.35. The van der Waals surface area contributed by atoms with Crippen molar-refractivity contribution in [2.24, 2.45) is 0 Å². The number of ether oxygens (including phenoxy) is 1. The van der Waals surface area contributed by atoms with Gasteiger partial charge in [0.2, 0.25) is 15.9 Å². The number of nitrogens with zero attached hydrogens (tertiary/aromatic N) is 1. The Hall–Kier alpha value is -1.44. The summed E-state index contributed by atoms with van der Waals surface area (Å²) < 4.78 is 31.9. The fourth-order valence-electron chi connectivity index (χ4n) is 2.53. The van der Waals surface area contributed by atoms with E-state index in [1.807, 2.05) is 0 Å². The highest BCUT2D eigenvalue weighted by molar-refractivity contribution is 7.89. The summed E-state index contributed by atoms with van der Waals surface area (Å²) in [5.41, 5.74) is 0.580. The molecule has 0 spiro atoms. The Balaban J connectivity index is 2.21. The van der Waals surface area contributed by atoms with Gasteiger partial charge in [0, 0.05) is 32.3 Å². The third-order valence-electron chi connectivity index (χ3n) is 3.46. The molecule has 1 fully saturated rings. The molecule has 21 heavy (non-hydrogen) atoms. The van der Waals surface area contributed by atoms with Crippen LogP contribution in [-0.2, 0) is 19.6 Å². The molecule has 0 aliphatic carbocycles. The lowest BCUT2D eigenvalue weighted by atomic mass is 10.2. The number of methoxy groups -OCH3 is 1. The predicted molar refractivity (Wildman–Crippen MR) is 79.5 cm³/mol. The zero-order valence-corrected chi connectivity index (χ0v) is 13.0. The minimum absolute atomic E-state index is 0.102. The van der Waals surface area contributed by atoms with E-state index in [4.69, 9.17) is 4.74 Å². The molecular formula is C14H20N2O4S. The lowest BCUT2D eigenvalue weighted by Crippen LogP contribution is -2.38. The highest BCUT2D eigenvalue weighted by Crippen LogP contribution is 2.26. The van der Waals surface area contributed by atoms with Gasteiger partial charge in [-0.25, -0.2) is 8.42 Å². The average molecular weight is 312 g/mol. The zero-order chi connectivity index (χ0) is 15.5. The lowest BCUT2D eigenvalue weighted by molar-refractivity contribution is -0.114. The normalized spacial score (nSPS) is 19.6. The summed E-state index contributed by atoms with van der Waals surface area (Å²) >= 11 is 0. The molecule has 2 rings (SSSR count). The van der Waals surface area contributed by atoms with Gasteiger partial charge in [-0.2, -0.15) is 4.31 Å². The Morgan fingerprint density at radius 1 is 1.38 bits per heavy atom. The first kappa shape index (κ1) is 15.9. The van der Waals surface area contributed by atoms with Crippen molar-refractivity contribution in [1.29, 1.82) is 0 Å². The molecule has 7 heteroatoms. The van der Waals surface area contributed by atoms with E-state index in [0.29, 0.717) is 18.8 Å². The Bertz CT molecular complexity index is 598. The van der Waals surface area contributed by atoms with Crippen molar-refractivity contribution < 1.29 is 17.9 Å². The first-order chi connectivity index (χ1) is 9.95. The molecular weight excluding hydrogens is 292 g/mol. The van der Waals surface area contributed by atoms with Crippen LogP contribution in [0.25, 0.3) is 0 Å². The topological polar surface area (TPSA) is 75.7 Å². The number of hydrogen-bond donors (Lipinski definition) is 1. The summed E-state index contributed by atoms with van der Waals surface area (Å²) in [5.74, 6) is -0.190. The van der Waals surface area contributed by atoms with Crippen LogP contribution in [0.3, 0.4) is 0 Å². The summed E-state index contributed by atoms with van der Waals surface area (Å²) in [6.45, 7) is 2.33. The number of anilines is 1. The van der Waals surface area contributed by atoms with Crippen LogP contribution in [-0.4, -0.2) is 44.9 Å². The van der Waals surface area contributed by atoms with Crippen molar-refractivity contribution >= 4 is 21.6 Å². The molecule has 1 aromatic rings. The quantitative estimate of drug-likeness (QED) is 0.893. The van der Waals surface area contributed by atoms with Crippen LogP contribution in [0.1, 0.15) is 19.8 Å². The number of amides is 1. The van der Waals surface area contributed by atoms with Crippen molar-refractivity contribution in [1.82, 2.24) is 4.31 Å². The van der Waals surface area contributed by atoms with Gasteiger partial charge in [-0.05, 0) is 37.1 Å². The summed E-state index contributed by atoms with van der Waals surface area (Å²) in [7, 11) is -1.94. The van der Waals surface area contributed by atoms with Crippen molar-refractivity contribution in [2.75, 3.05) is 25.6 Å². The van der Waals surface area contributed by atoms with Crippen LogP contribution >= 0.6 is 0 Å². The largest absolute Gasteiger partial charge is 0.383 e. The van der Waals surface area contributed by atoms with Gasteiger partial charge in [-0.3, -0.25) is 4.79 Å². The molecule has 0 radical (unpaired) electrons. The second-order valence-electron chi connectivity index (χ2n) is 5.07. The third-order valence-corrected chi connectivity index (χ3v) is 5.43. The molecule has 6 nitrogen and oxygen atoms in total. The average Bonchev–Trinajstić information content (AvgIpc) is 2.88. The number of sulfonamides is 1. The maximum atomic E-state index is 12.6. The van der Waals surface area contributed by atoms with E-state index in [-0.39, 0.29) is 16.8 Å². The van der Waals surface area contributed by atoms with Crippen molar-refractivity contribution in [3.05, 3.63) is 24.3 Å². The van der Waals surface area contributed by atoms with Crippen LogP contribution < -0.4 is 5.32 Å². The van der Waals surface area contributed by atoms with E-state index < -0.39 is 10.0 Å². The first-order valence-electron chi connectivity index (χ1n) is 6.83. The Kier molecular flexibility index (Phi) is 4.97. The second-order valence-corrected chi connectivity index (χ2v) is 6.96. The van der Waals surface area contributed by atoms with Gasteiger partial charge in [0.05, 0.1) is 11.5 Å². The molecule has 1 N–H and O–H groups in total. The van der Waals surface area contributed by atoms with E-state index in [0.717, 1.165) is 12.8 Å². The van der Waals surface area contributed by atoms with Gasteiger partial charge in [0.15, 0.2) is 0 Å². The summed E-state index contributed by atoms with van der Waals surface area (Å²) in [5, 5.41) is 2.61. The molecule has 1 heterocycles. The Morgan fingerprint density at radius 3 is 2.62 bits per heavy atom. The van der Waals surface area contributed by atoms with Gasteiger partial charge in [-0.1, -0.05) is 0 Å². The summed E-state index contributed by atoms with van der Waals surface area (Å²) in [4.78, 5) is 11.2. The monoisotopic (exact) mass is 312 g/mol. The molecule has 1 aliphatic rings. The summed E-state index contributed by atoms with van der Waals surface area (Å²) in [6.07, 6.45) is 1.66. The van der Waals surface area contributed by atoms with Gasteiger partial charge < -0.3 is 10.1 Å². The molecule has 1 amide bonds. The molecule has 0 aromatic heterocycles. The van der Waals surface area contributed by atoms with E-state index in [1.165, 1.54) is 23.4 Å². The standard InChI is InChI=1S/C14H20N2O4S/c1-11(17)15-12-5-7-14(8-6-12)21(18,19)16-9-3-4-13(16)10-20-2/h5-8,13H,3-4,9-10H2,1-2H3,(H,15,17). The van der Waals surface area contributed by atoms with E-state index in [1.54, 1.807) is 19.2 Å². The number of nitrogens with one attached hydrogen (secondary N) is 1. The fraction of sp³-hybridized carbons (Fsp3) is 0.500. The second kappa shape index (κ2) is 6.55. The van der Waals surface area contributed by atoms with Crippen molar-refractivity contribution in [3.63, 3.8) is 0 Å².